The van der Waals surface area contributed by atoms with E-state index >= 15 is 0 Å². The molecule has 5 N–H and O–H groups in total. The zero-order chi connectivity index (χ0) is 28.3. The van der Waals surface area contributed by atoms with E-state index in [1.165, 1.54) is 32.8 Å². The van der Waals surface area contributed by atoms with Crippen LogP contribution >= 0.6 is 0 Å². The molecule has 1 rings (SSSR count). The number of carbonyl (C=O) groups excluding carboxylic acids is 6. The number of amides is 6. The van der Waals surface area contributed by atoms with Crippen molar-refractivity contribution in [1.29, 1.82) is 0 Å². The fourth-order valence-electron chi connectivity index (χ4n) is 2.86. The number of hydrogen-bond donors (Lipinski definition) is 5. The van der Waals surface area contributed by atoms with Crippen LogP contribution in [-0.4, -0.2) is 78.4 Å². The van der Waals surface area contributed by atoms with Crippen molar-refractivity contribution in [2.45, 2.75) is 64.8 Å². The van der Waals surface area contributed by atoms with E-state index < -0.39 is 59.4 Å². The predicted molar refractivity (Wildman–Crippen MR) is 133 cm³/mol. The van der Waals surface area contributed by atoms with Gasteiger partial charge in [0, 0.05) is 20.5 Å². The van der Waals surface area contributed by atoms with Crippen molar-refractivity contribution in [3.63, 3.8) is 0 Å². The van der Waals surface area contributed by atoms with Gasteiger partial charge in [0.15, 0.2) is 0 Å². The van der Waals surface area contributed by atoms with Gasteiger partial charge in [-0.25, -0.2) is 4.79 Å². The highest BCUT2D eigenvalue weighted by Crippen LogP contribution is 2.07. The number of ether oxygens (including phenoxy) is 1. The van der Waals surface area contributed by atoms with Crippen LogP contribution in [-0.2, 0) is 35.1 Å². The number of carbonyl (C=O) groups is 6. The second-order valence-corrected chi connectivity index (χ2v) is 9.49. The molecule has 0 aliphatic rings. The Balaban J connectivity index is 2.82. The van der Waals surface area contributed by atoms with Gasteiger partial charge in [0.1, 0.15) is 23.7 Å². The SMILES string of the molecule is C[C@H](NC(=O)OC(C)(C)C)C(=O)NNC(=O)[C@H](Cc1ccccc1)NC(=O)C(=O)N[C@@H](C)C(=O)N(C)C. The molecule has 3 atom stereocenters. The summed E-state index contributed by atoms with van der Waals surface area (Å²) in [4.78, 5) is 75.0. The van der Waals surface area contributed by atoms with Gasteiger partial charge < -0.3 is 25.6 Å². The third-order valence-corrected chi connectivity index (χ3v) is 4.70. The number of likely N-dealkylation sites (N-methyl/N-ethyl adjacent to an activating group) is 1. The normalized spacial score (nSPS) is 13.2. The molecule has 0 bridgehead atoms. The molecule has 0 aromatic heterocycles. The number of hydrogen-bond acceptors (Lipinski definition) is 7. The topological polar surface area (TPSA) is 175 Å². The Morgan fingerprint density at radius 1 is 0.811 bits per heavy atom. The second-order valence-electron chi connectivity index (χ2n) is 9.49. The van der Waals surface area contributed by atoms with Crippen molar-refractivity contribution in [2.24, 2.45) is 0 Å². The molecule has 1 aromatic rings. The van der Waals surface area contributed by atoms with Gasteiger partial charge in [-0.2, -0.15) is 0 Å². The smallest absolute Gasteiger partial charge is 0.408 e. The zero-order valence-corrected chi connectivity index (χ0v) is 22.1. The Bertz CT molecular complexity index is 991. The lowest BCUT2D eigenvalue weighted by atomic mass is 10.1. The van der Waals surface area contributed by atoms with Crippen LogP contribution in [0.15, 0.2) is 30.3 Å². The summed E-state index contributed by atoms with van der Waals surface area (Å²) in [6.07, 6.45) is -0.817. The van der Waals surface area contributed by atoms with E-state index in [1.54, 1.807) is 51.1 Å². The molecule has 0 saturated heterocycles. The molecule has 1 aromatic carbocycles. The van der Waals surface area contributed by atoms with Crippen molar-refractivity contribution in [2.75, 3.05) is 14.1 Å². The van der Waals surface area contributed by atoms with Gasteiger partial charge in [0.25, 0.3) is 11.8 Å². The van der Waals surface area contributed by atoms with E-state index in [4.69, 9.17) is 4.74 Å². The van der Waals surface area contributed by atoms with Gasteiger partial charge in [-0.3, -0.25) is 34.8 Å². The maximum atomic E-state index is 12.8. The van der Waals surface area contributed by atoms with E-state index in [-0.39, 0.29) is 6.42 Å². The summed E-state index contributed by atoms with van der Waals surface area (Å²) in [5.41, 5.74) is 4.26. The molecule has 0 heterocycles. The molecule has 0 spiro atoms. The molecule has 0 fully saturated rings. The maximum absolute atomic E-state index is 12.8. The molecule has 0 unspecified atom stereocenters. The number of alkyl carbamates (subject to hydrolysis) is 1. The minimum absolute atomic E-state index is 0.000538. The van der Waals surface area contributed by atoms with Gasteiger partial charge in [-0.1, -0.05) is 30.3 Å². The molecule has 204 valence electrons. The molecule has 0 saturated carbocycles. The van der Waals surface area contributed by atoms with Crippen LogP contribution in [0.5, 0.6) is 0 Å². The number of nitrogens with one attached hydrogen (secondary N) is 5. The number of hydrazine groups is 1. The third kappa shape index (κ3) is 11.4. The van der Waals surface area contributed by atoms with Gasteiger partial charge in [-0.05, 0) is 40.2 Å². The van der Waals surface area contributed by atoms with Crippen molar-refractivity contribution in [3.05, 3.63) is 35.9 Å². The highest BCUT2D eigenvalue weighted by molar-refractivity contribution is 6.35. The molecule has 0 aliphatic carbocycles. The Morgan fingerprint density at radius 2 is 1.35 bits per heavy atom. The molecule has 13 heteroatoms. The van der Waals surface area contributed by atoms with E-state index in [1.807, 2.05) is 0 Å². The van der Waals surface area contributed by atoms with E-state index in [0.29, 0.717) is 5.56 Å². The summed E-state index contributed by atoms with van der Waals surface area (Å²) >= 11 is 0. The number of nitrogens with zero attached hydrogens (tertiary/aromatic N) is 1. The average Bonchev–Trinajstić information content (AvgIpc) is 2.80. The monoisotopic (exact) mass is 520 g/mol. The third-order valence-electron chi connectivity index (χ3n) is 4.70. The van der Waals surface area contributed by atoms with Crippen molar-refractivity contribution in [1.82, 2.24) is 31.7 Å². The van der Waals surface area contributed by atoms with Gasteiger partial charge in [-0.15, -0.1) is 0 Å². The van der Waals surface area contributed by atoms with E-state index in [2.05, 4.69) is 26.8 Å². The average molecular weight is 521 g/mol. The molecular weight excluding hydrogens is 484 g/mol. The fraction of sp³-hybridized carbons (Fsp3) is 0.500. The van der Waals surface area contributed by atoms with Crippen LogP contribution in [0.25, 0.3) is 0 Å². The summed E-state index contributed by atoms with van der Waals surface area (Å²) in [6, 6.07) is 5.40. The first-order chi connectivity index (χ1) is 17.1. The van der Waals surface area contributed by atoms with E-state index in [0.717, 1.165) is 0 Å². The summed E-state index contributed by atoms with van der Waals surface area (Å²) in [6.45, 7) is 7.80. The quantitative estimate of drug-likeness (QED) is 0.224. The van der Waals surface area contributed by atoms with Crippen LogP contribution in [0.3, 0.4) is 0 Å². The van der Waals surface area contributed by atoms with Gasteiger partial charge in [0.05, 0.1) is 0 Å². The summed E-state index contributed by atoms with van der Waals surface area (Å²) in [5.74, 6) is -4.23. The highest BCUT2D eigenvalue weighted by Gasteiger charge is 2.28. The van der Waals surface area contributed by atoms with Crippen LogP contribution in [0, 0.1) is 0 Å². The molecule has 0 radical (unpaired) electrons. The summed E-state index contributed by atoms with van der Waals surface area (Å²) in [5, 5.41) is 6.93. The first-order valence-corrected chi connectivity index (χ1v) is 11.6. The minimum atomic E-state index is -1.25. The lowest BCUT2D eigenvalue weighted by Gasteiger charge is -2.22. The van der Waals surface area contributed by atoms with Crippen molar-refractivity contribution < 1.29 is 33.5 Å². The fourth-order valence-corrected chi connectivity index (χ4v) is 2.86. The molecule has 6 amide bonds. The molecule has 0 aliphatic heterocycles. The highest BCUT2D eigenvalue weighted by atomic mass is 16.6. The minimum Gasteiger partial charge on any atom is -0.444 e. The van der Waals surface area contributed by atoms with Crippen molar-refractivity contribution in [3.8, 4) is 0 Å². The van der Waals surface area contributed by atoms with Gasteiger partial charge in [0.2, 0.25) is 5.91 Å². The summed E-state index contributed by atoms with van der Waals surface area (Å²) in [7, 11) is 3.01. The molecular formula is C24H36N6O7. The maximum Gasteiger partial charge on any atom is 0.408 e. The Kier molecular flexibility index (Phi) is 11.5. The predicted octanol–water partition coefficient (Wildman–Crippen LogP) is -0.633. The Hall–Kier alpha value is -4.16. The Labute approximate surface area is 216 Å². The van der Waals surface area contributed by atoms with Gasteiger partial charge >= 0.3 is 17.9 Å². The van der Waals surface area contributed by atoms with Crippen LogP contribution in [0.1, 0.15) is 40.2 Å². The standard InChI is InChI=1S/C24H36N6O7/c1-14(26-23(36)37-24(3,4)5)18(31)28-29-19(32)17(13-16-11-9-8-10-12-16)27-21(34)20(33)25-15(2)22(35)30(6)7/h8-12,14-15,17H,13H2,1-7H3,(H,25,33)(H,26,36)(H,27,34)(H,28,31)(H,29,32)/t14-,15-,17-/m0/s1. The largest absolute Gasteiger partial charge is 0.444 e. The molecule has 37 heavy (non-hydrogen) atoms. The second kappa shape index (κ2) is 13.8. The van der Waals surface area contributed by atoms with Crippen LogP contribution in [0.2, 0.25) is 0 Å². The van der Waals surface area contributed by atoms with Crippen molar-refractivity contribution >= 4 is 35.6 Å². The van der Waals surface area contributed by atoms with Crippen LogP contribution < -0.4 is 26.8 Å². The zero-order valence-electron chi connectivity index (χ0n) is 22.1. The number of benzene rings is 1. The first-order valence-electron chi connectivity index (χ1n) is 11.6. The summed E-state index contributed by atoms with van der Waals surface area (Å²) < 4.78 is 5.08. The first kappa shape index (κ1) is 30.9. The Morgan fingerprint density at radius 3 is 1.89 bits per heavy atom. The van der Waals surface area contributed by atoms with Crippen LogP contribution in [0.4, 0.5) is 4.79 Å². The molecule has 13 nitrogen and oxygen atoms in total. The lowest BCUT2D eigenvalue weighted by Crippen LogP contribution is -2.58. The van der Waals surface area contributed by atoms with E-state index in [9.17, 15) is 28.8 Å². The number of rotatable bonds is 8. The lowest BCUT2D eigenvalue weighted by molar-refractivity contribution is -0.143.